The number of piperidine rings is 1. The van der Waals surface area contributed by atoms with Crippen molar-refractivity contribution < 1.29 is 19.4 Å². The van der Waals surface area contributed by atoms with Crippen LogP contribution in [0.2, 0.25) is 5.02 Å². The lowest BCUT2D eigenvalue weighted by Crippen LogP contribution is -2.50. The quantitative estimate of drug-likeness (QED) is 0.730. The molecule has 0 unspecified atom stereocenters. The zero-order valence-corrected chi connectivity index (χ0v) is 18.7. The largest absolute Gasteiger partial charge is 0.410 e. The molecule has 9 heteroatoms. The number of pyridine rings is 1. The lowest BCUT2D eigenvalue weighted by Gasteiger charge is -2.41. The number of aliphatic hydroxyl groups excluding tert-OH is 1. The van der Waals surface area contributed by atoms with Gasteiger partial charge in [-0.25, -0.2) is 9.78 Å². The molecule has 2 saturated heterocycles. The number of hydrogen-bond donors (Lipinski definition) is 2. The van der Waals surface area contributed by atoms with Crippen molar-refractivity contribution in [2.45, 2.75) is 70.4 Å². The zero-order chi connectivity index (χ0) is 22.2. The normalized spacial score (nSPS) is 28.9. The van der Waals surface area contributed by atoms with Gasteiger partial charge in [-0.2, -0.15) is 0 Å². The Bertz CT molecular complexity index is 858. The maximum atomic E-state index is 13.5. The number of primary amides is 1. The number of aliphatic hydroxyl groups is 1. The first-order chi connectivity index (χ1) is 14.8. The summed E-state index contributed by atoms with van der Waals surface area (Å²) in [7, 11) is 0. The predicted octanol–water partition coefficient (Wildman–Crippen LogP) is 2.88. The van der Waals surface area contributed by atoms with Crippen LogP contribution in [0.5, 0.6) is 5.75 Å². The van der Waals surface area contributed by atoms with Gasteiger partial charge < -0.3 is 25.4 Å². The fraction of sp³-hybridized carbons (Fsp3) is 0.682. The first kappa shape index (κ1) is 22.1. The Morgan fingerprint density at radius 1 is 1.32 bits per heavy atom. The Morgan fingerprint density at radius 2 is 2.06 bits per heavy atom. The Balaban J connectivity index is 1.53. The topological polar surface area (TPSA) is 109 Å². The molecule has 4 rings (SSSR count). The SMILES string of the molecule is CCc1nc(N2CCC[C@@]3(CCN(C4CCC(O)CC4)C3=O)C2)c(Cl)cc1OC(N)=O. The van der Waals surface area contributed by atoms with E-state index in [2.05, 4.69) is 14.8 Å². The third-order valence-electron chi connectivity index (χ3n) is 7.07. The molecule has 1 saturated carbocycles. The van der Waals surface area contributed by atoms with Gasteiger partial charge in [-0.3, -0.25) is 4.79 Å². The molecular formula is C22H31ClN4O4. The number of nitrogens with two attached hydrogens (primary N) is 1. The van der Waals surface area contributed by atoms with Gasteiger partial charge in [-0.1, -0.05) is 18.5 Å². The van der Waals surface area contributed by atoms with Crippen LogP contribution in [-0.4, -0.2) is 58.8 Å². The fourth-order valence-electron chi connectivity index (χ4n) is 5.43. The number of carbonyl (C=O) groups excluding carboxylic acids is 2. The Morgan fingerprint density at radius 3 is 2.74 bits per heavy atom. The Labute approximate surface area is 187 Å². The summed E-state index contributed by atoms with van der Waals surface area (Å²) in [5.41, 5.74) is 5.36. The second-order valence-electron chi connectivity index (χ2n) is 9.03. The summed E-state index contributed by atoms with van der Waals surface area (Å²) in [5, 5.41) is 10.2. The molecule has 1 aromatic heterocycles. The van der Waals surface area contributed by atoms with E-state index in [9.17, 15) is 14.7 Å². The highest BCUT2D eigenvalue weighted by Crippen LogP contribution is 2.44. The van der Waals surface area contributed by atoms with Crippen molar-refractivity contribution in [2.24, 2.45) is 11.1 Å². The van der Waals surface area contributed by atoms with Crippen molar-refractivity contribution in [2.75, 3.05) is 24.5 Å². The molecule has 0 bridgehead atoms. The van der Waals surface area contributed by atoms with Gasteiger partial charge in [0.05, 0.1) is 22.2 Å². The van der Waals surface area contributed by atoms with E-state index >= 15 is 0 Å². The van der Waals surface area contributed by atoms with E-state index in [-0.39, 0.29) is 23.8 Å². The van der Waals surface area contributed by atoms with Crippen molar-refractivity contribution in [1.82, 2.24) is 9.88 Å². The van der Waals surface area contributed by atoms with Crippen molar-refractivity contribution in [3.05, 3.63) is 16.8 Å². The highest BCUT2D eigenvalue weighted by atomic mass is 35.5. The van der Waals surface area contributed by atoms with Crippen LogP contribution in [0, 0.1) is 5.41 Å². The number of hydrogen-bond acceptors (Lipinski definition) is 6. The van der Waals surface area contributed by atoms with Gasteiger partial charge in [0, 0.05) is 31.7 Å². The molecule has 1 atom stereocenters. The van der Waals surface area contributed by atoms with Gasteiger partial charge in [-0.15, -0.1) is 0 Å². The molecule has 3 heterocycles. The lowest BCUT2D eigenvalue weighted by atomic mass is 9.78. The summed E-state index contributed by atoms with van der Waals surface area (Å²) in [6.45, 7) is 4.06. The third kappa shape index (κ3) is 4.32. The van der Waals surface area contributed by atoms with E-state index in [1.54, 1.807) is 6.07 Å². The van der Waals surface area contributed by atoms with Gasteiger partial charge in [0.2, 0.25) is 5.91 Å². The minimum Gasteiger partial charge on any atom is -0.408 e. The fourth-order valence-corrected chi connectivity index (χ4v) is 5.69. The van der Waals surface area contributed by atoms with Crippen LogP contribution < -0.4 is 15.4 Å². The predicted molar refractivity (Wildman–Crippen MR) is 117 cm³/mol. The molecule has 0 radical (unpaired) electrons. The average Bonchev–Trinajstić information content (AvgIpc) is 3.04. The molecule has 3 fully saturated rings. The number of likely N-dealkylation sites (tertiary alicyclic amines) is 1. The first-order valence-corrected chi connectivity index (χ1v) is 11.6. The van der Waals surface area contributed by atoms with E-state index in [1.165, 1.54) is 0 Å². The number of nitrogens with zero attached hydrogens (tertiary/aromatic N) is 3. The van der Waals surface area contributed by atoms with Crippen LogP contribution in [0.25, 0.3) is 0 Å². The number of aromatic nitrogens is 1. The maximum absolute atomic E-state index is 13.5. The number of amides is 2. The molecule has 1 aromatic rings. The maximum Gasteiger partial charge on any atom is 0.410 e. The number of anilines is 1. The van der Waals surface area contributed by atoms with Gasteiger partial charge >= 0.3 is 6.09 Å². The minimum absolute atomic E-state index is 0.226. The van der Waals surface area contributed by atoms with Crippen LogP contribution in [-0.2, 0) is 11.2 Å². The second kappa shape index (κ2) is 8.82. The smallest absolute Gasteiger partial charge is 0.408 e. The van der Waals surface area contributed by atoms with Gasteiger partial charge in [0.1, 0.15) is 5.82 Å². The molecule has 3 aliphatic rings. The van der Waals surface area contributed by atoms with Crippen molar-refractivity contribution >= 4 is 29.4 Å². The summed E-state index contributed by atoms with van der Waals surface area (Å²) in [5.74, 6) is 1.14. The number of aryl methyl sites for hydroxylation is 1. The van der Waals surface area contributed by atoms with E-state index < -0.39 is 11.5 Å². The highest BCUT2D eigenvalue weighted by molar-refractivity contribution is 6.33. The molecule has 2 aliphatic heterocycles. The van der Waals surface area contributed by atoms with Crippen LogP contribution in [0.4, 0.5) is 10.6 Å². The third-order valence-corrected chi connectivity index (χ3v) is 7.35. The molecule has 0 aromatic carbocycles. The van der Waals surface area contributed by atoms with Gasteiger partial charge in [0.25, 0.3) is 0 Å². The molecule has 3 N–H and O–H groups in total. The van der Waals surface area contributed by atoms with Crippen LogP contribution in [0.15, 0.2) is 6.07 Å². The zero-order valence-electron chi connectivity index (χ0n) is 18.0. The van der Waals surface area contributed by atoms with E-state index in [1.807, 2.05) is 6.92 Å². The molecule has 2 amide bonds. The lowest BCUT2D eigenvalue weighted by molar-refractivity contribution is -0.139. The summed E-state index contributed by atoms with van der Waals surface area (Å²) in [4.78, 5) is 33.6. The van der Waals surface area contributed by atoms with E-state index in [4.69, 9.17) is 22.1 Å². The Kier molecular flexibility index (Phi) is 6.30. The molecule has 8 nitrogen and oxygen atoms in total. The number of ether oxygens (including phenoxy) is 1. The van der Waals surface area contributed by atoms with Crippen molar-refractivity contribution in [3.8, 4) is 5.75 Å². The van der Waals surface area contributed by atoms with Gasteiger partial charge in [0.15, 0.2) is 5.75 Å². The minimum atomic E-state index is -0.899. The number of halogens is 1. The van der Waals surface area contributed by atoms with Crippen LogP contribution >= 0.6 is 11.6 Å². The van der Waals surface area contributed by atoms with Gasteiger partial charge in [-0.05, 0) is 51.4 Å². The van der Waals surface area contributed by atoms with Crippen LogP contribution in [0.3, 0.4) is 0 Å². The Hall–Kier alpha value is -2.06. The first-order valence-electron chi connectivity index (χ1n) is 11.2. The second-order valence-corrected chi connectivity index (χ2v) is 9.44. The van der Waals surface area contributed by atoms with Crippen LogP contribution in [0.1, 0.15) is 57.6 Å². The average molecular weight is 451 g/mol. The van der Waals surface area contributed by atoms with E-state index in [0.717, 1.165) is 58.0 Å². The monoisotopic (exact) mass is 450 g/mol. The number of carbonyl (C=O) groups is 2. The summed E-state index contributed by atoms with van der Waals surface area (Å²) in [6, 6.07) is 1.83. The van der Waals surface area contributed by atoms with E-state index in [0.29, 0.717) is 29.5 Å². The standard InChI is InChI=1S/C22H31ClN4O4/c1-2-17-18(31-21(24)30)12-16(23)19(25-17)26-10-3-8-22(13-26)9-11-27(20(22)29)14-4-6-15(28)7-5-14/h12,14-15,28H,2-11,13H2,1H3,(H2,24,30)/t14?,15?,22-/m1/s1. The highest BCUT2D eigenvalue weighted by Gasteiger charge is 2.51. The molecule has 170 valence electrons. The van der Waals surface area contributed by atoms with Crippen molar-refractivity contribution in [1.29, 1.82) is 0 Å². The summed E-state index contributed by atoms with van der Waals surface area (Å²) >= 11 is 6.52. The van der Waals surface area contributed by atoms with Crippen molar-refractivity contribution in [3.63, 3.8) is 0 Å². The summed E-state index contributed by atoms with van der Waals surface area (Å²) in [6.07, 6.45) is 5.33. The molecule has 1 spiro atoms. The summed E-state index contributed by atoms with van der Waals surface area (Å²) < 4.78 is 5.05. The molecule has 1 aliphatic carbocycles. The molecule has 31 heavy (non-hydrogen) atoms. The number of rotatable bonds is 4. The molecular weight excluding hydrogens is 420 g/mol.